The van der Waals surface area contributed by atoms with Crippen molar-refractivity contribution in [2.45, 2.75) is 26.2 Å². The molecule has 0 bridgehead atoms. The molecule has 1 aromatic rings. The van der Waals surface area contributed by atoms with Gasteiger partial charge in [-0.25, -0.2) is 8.42 Å². The Bertz CT molecular complexity index is 752. The van der Waals surface area contributed by atoms with E-state index in [1.807, 2.05) is 19.1 Å². The summed E-state index contributed by atoms with van der Waals surface area (Å²) in [6, 6.07) is 5.65. The highest BCUT2D eigenvalue weighted by molar-refractivity contribution is 14.0. The predicted molar refractivity (Wildman–Crippen MR) is 122 cm³/mol. The lowest BCUT2D eigenvalue weighted by molar-refractivity contribution is 0.414. The van der Waals surface area contributed by atoms with Crippen LogP contribution in [-0.2, 0) is 16.3 Å². The molecule has 1 aliphatic rings. The molecule has 0 saturated heterocycles. The minimum absolute atomic E-state index is 0. The minimum atomic E-state index is -2.98. The van der Waals surface area contributed by atoms with Gasteiger partial charge in [0.25, 0.3) is 0 Å². The van der Waals surface area contributed by atoms with Crippen LogP contribution in [0, 0.1) is 5.41 Å². The van der Waals surface area contributed by atoms with Crippen molar-refractivity contribution < 1.29 is 13.2 Å². The number of guanidine groups is 1. The normalized spacial score (nSPS) is 15.6. The van der Waals surface area contributed by atoms with Gasteiger partial charge in [-0.2, -0.15) is 0 Å². The zero-order valence-electron chi connectivity index (χ0n) is 16.0. The fourth-order valence-corrected chi connectivity index (χ4v) is 4.60. The van der Waals surface area contributed by atoms with Crippen LogP contribution in [0.15, 0.2) is 23.2 Å². The maximum atomic E-state index is 11.6. The Morgan fingerprint density at radius 2 is 2.04 bits per heavy atom. The molecule has 0 amide bonds. The molecule has 0 spiro atoms. The molecule has 1 aliphatic carbocycles. The number of ether oxygens (including phenoxy) is 1. The summed E-state index contributed by atoms with van der Waals surface area (Å²) in [5.74, 6) is 1.66. The van der Waals surface area contributed by atoms with Crippen LogP contribution in [0.2, 0.25) is 5.02 Å². The molecule has 1 saturated carbocycles. The number of sulfone groups is 1. The van der Waals surface area contributed by atoms with Gasteiger partial charge in [0, 0.05) is 36.3 Å². The van der Waals surface area contributed by atoms with Crippen molar-refractivity contribution in [3.05, 3.63) is 28.8 Å². The van der Waals surface area contributed by atoms with E-state index < -0.39 is 9.84 Å². The van der Waals surface area contributed by atoms with E-state index in [-0.39, 0.29) is 35.1 Å². The molecule has 0 radical (unpaired) electrons. The molecule has 2 N–H and O–H groups in total. The third-order valence-electron chi connectivity index (χ3n) is 4.39. The summed E-state index contributed by atoms with van der Waals surface area (Å²) in [6.45, 7) is 3.95. The molecule has 1 aromatic carbocycles. The van der Waals surface area contributed by atoms with E-state index in [1.165, 1.54) is 6.26 Å². The second kappa shape index (κ2) is 10.7. The first-order chi connectivity index (χ1) is 12.3. The van der Waals surface area contributed by atoms with Crippen molar-refractivity contribution in [2.24, 2.45) is 10.4 Å². The van der Waals surface area contributed by atoms with E-state index in [4.69, 9.17) is 16.3 Å². The third-order valence-corrected chi connectivity index (χ3v) is 5.88. The van der Waals surface area contributed by atoms with Crippen molar-refractivity contribution in [3.63, 3.8) is 0 Å². The predicted octanol–water partition coefficient (Wildman–Crippen LogP) is 2.89. The molecule has 9 heteroatoms. The summed E-state index contributed by atoms with van der Waals surface area (Å²) in [7, 11) is -1.36. The average molecular weight is 530 g/mol. The molecular weight excluding hydrogens is 501 g/mol. The topological polar surface area (TPSA) is 79.8 Å². The largest absolute Gasteiger partial charge is 0.497 e. The van der Waals surface area contributed by atoms with Crippen LogP contribution in [-0.4, -0.2) is 53.1 Å². The van der Waals surface area contributed by atoms with E-state index in [0.29, 0.717) is 24.1 Å². The van der Waals surface area contributed by atoms with Crippen LogP contribution in [0.5, 0.6) is 5.75 Å². The molecule has 6 nitrogen and oxygen atoms in total. The first-order valence-electron chi connectivity index (χ1n) is 8.79. The highest BCUT2D eigenvalue weighted by Gasteiger charge is 2.45. The fraction of sp³-hybridized carbons (Fsp3) is 0.611. The Balaban J connectivity index is 0.00000364. The van der Waals surface area contributed by atoms with Gasteiger partial charge in [0.15, 0.2) is 5.96 Å². The summed E-state index contributed by atoms with van der Waals surface area (Å²) in [5.41, 5.74) is 0.862. The summed E-state index contributed by atoms with van der Waals surface area (Å²) in [5, 5.41) is 7.17. The Morgan fingerprint density at radius 3 is 2.56 bits per heavy atom. The average Bonchev–Trinajstić information content (AvgIpc) is 3.31. The number of aliphatic imine (C=N–C) groups is 1. The Hall–Kier alpha value is -0.740. The highest BCUT2D eigenvalue weighted by atomic mass is 127. The Labute approximate surface area is 184 Å². The second-order valence-corrected chi connectivity index (χ2v) is 9.45. The summed E-state index contributed by atoms with van der Waals surface area (Å²) in [4.78, 5) is 4.59. The van der Waals surface area contributed by atoms with Crippen LogP contribution in [0.3, 0.4) is 0 Å². The molecule has 2 rings (SSSR count). The lowest BCUT2D eigenvalue weighted by atomic mass is 10.1. The van der Waals surface area contributed by atoms with Gasteiger partial charge in [0.2, 0.25) is 0 Å². The van der Waals surface area contributed by atoms with Crippen molar-refractivity contribution in [1.82, 2.24) is 10.6 Å². The van der Waals surface area contributed by atoms with Gasteiger partial charge in [-0.3, -0.25) is 4.99 Å². The molecule has 0 aliphatic heterocycles. The zero-order valence-corrected chi connectivity index (χ0v) is 20.0. The molecule has 0 heterocycles. The van der Waals surface area contributed by atoms with Crippen LogP contribution in [0.1, 0.15) is 25.3 Å². The summed E-state index contributed by atoms with van der Waals surface area (Å²) in [6.07, 6.45) is 3.88. The lowest BCUT2D eigenvalue weighted by Crippen LogP contribution is -2.39. The SMILES string of the molecule is CCNC(=NCC1(CS(C)(=O)=O)CC1)NCCc1ccc(OC)cc1Cl.I. The maximum Gasteiger partial charge on any atom is 0.191 e. The molecule has 154 valence electrons. The van der Waals surface area contributed by atoms with Gasteiger partial charge in [-0.15, -0.1) is 24.0 Å². The van der Waals surface area contributed by atoms with Crippen LogP contribution >= 0.6 is 35.6 Å². The number of rotatable bonds is 9. The van der Waals surface area contributed by atoms with E-state index in [1.54, 1.807) is 13.2 Å². The number of methoxy groups -OCH3 is 1. The number of nitrogens with one attached hydrogen (secondary N) is 2. The molecule has 0 aromatic heterocycles. The van der Waals surface area contributed by atoms with Crippen molar-refractivity contribution >= 4 is 51.4 Å². The van der Waals surface area contributed by atoms with E-state index in [0.717, 1.165) is 37.1 Å². The van der Waals surface area contributed by atoms with Crippen LogP contribution < -0.4 is 15.4 Å². The number of benzene rings is 1. The Kier molecular flexibility index (Phi) is 9.64. The number of hydrogen-bond acceptors (Lipinski definition) is 4. The first kappa shape index (κ1) is 24.3. The summed E-state index contributed by atoms with van der Waals surface area (Å²) >= 11 is 6.26. The smallest absolute Gasteiger partial charge is 0.191 e. The van der Waals surface area contributed by atoms with Gasteiger partial charge >= 0.3 is 0 Å². The standard InChI is InChI=1S/C18H28ClN3O3S.HI/c1-4-20-17(22-12-18(8-9-18)13-26(3,23)24)21-10-7-14-5-6-15(25-2)11-16(14)19;/h5-6,11H,4,7-10,12-13H2,1-3H3,(H2,20,21,22);1H. The van der Waals surface area contributed by atoms with Gasteiger partial charge in [0.1, 0.15) is 15.6 Å². The number of halogens is 2. The summed E-state index contributed by atoms with van der Waals surface area (Å²) < 4.78 is 28.3. The van der Waals surface area contributed by atoms with Gasteiger partial charge in [-0.05, 0) is 43.9 Å². The monoisotopic (exact) mass is 529 g/mol. The fourth-order valence-electron chi connectivity index (χ4n) is 2.84. The molecule has 1 fully saturated rings. The van der Waals surface area contributed by atoms with E-state index in [9.17, 15) is 8.42 Å². The minimum Gasteiger partial charge on any atom is -0.497 e. The highest BCUT2D eigenvalue weighted by Crippen LogP contribution is 2.46. The van der Waals surface area contributed by atoms with Gasteiger partial charge in [-0.1, -0.05) is 17.7 Å². The second-order valence-electron chi connectivity index (χ2n) is 6.90. The third kappa shape index (κ3) is 8.43. The maximum absolute atomic E-state index is 11.6. The molecule has 0 atom stereocenters. The van der Waals surface area contributed by atoms with Crippen molar-refractivity contribution in [2.75, 3.05) is 38.8 Å². The quantitative estimate of drug-likeness (QED) is 0.292. The van der Waals surface area contributed by atoms with Crippen LogP contribution in [0.25, 0.3) is 0 Å². The first-order valence-corrected chi connectivity index (χ1v) is 11.2. The molecule has 0 unspecified atom stereocenters. The van der Waals surface area contributed by atoms with Crippen LogP contribution in [0.4, 0.5) is 0 Å². The lowest BCUT2D eigenvalue weighted by Gasteiger charge is -2.15. The van der Waals surface area contributed by atoms with Gasteiger partial charge < -0.3 is 15.4 Å². The van der Waals surface area contributed by atoms with Gasteiger partial charge in [0.05, 0.1) is 12.9 Å². The number of hydrogen-bond donors (Lipinski definition) is 2. The zero-order chi connectivity index (χ0) is 19.2. The Morgan fingerprint density at radius 1 is 1.33 bits per heavy atom. The van der Waals surface area contributed by atoms with Crippen molar-refractivity contribution in [1.29, 1.82) is 0 Å². The molecular formula is C18H29ClIN3O3S. The van der Waals surface area contributed by atoms with Crippen molar-refractivity contribution in [3.8, 4) is 5.75 Å². The number of nitrogens with zero attached hydrogens (tertiary/aromatic N) is 1. The van der Waals surface area contributed by atoms with E-state index in [2.05, 4.69) is 15.6 Å². The molecule has 27 heavy (non-hydrogen) atoms. The van der Waals surface area contributed by atoms with E-state index >= 15 is 0 Å².